The molecule has 0 amide bonds. The van der Waals surface area contributed by atoms with Gasteiger partial charge in [-0.3, -0.25) is 0 Å². The number of nitriles is 1. The van der Waals surface area contributed by atoms with E-state index in [-0.39, 0.29) is 5.41 Å². The largest absolute Gasteiger partial charge is 0.390 e. The molecule has 0 aliphatic carbocycles. The summed E-state index contributed by atoms with van der Waals surface area (Å²) in [5, 5.41) is 17.8. The van der Waals surface area contributed by atoms with Crippen LogP contribution in [0, 0.1) is 16.7 Å². The van der Waals surface area contributed by atoms with E-state index in [0.717, 1.165) is 0 Å². The number of halogens is 1. The zero-order valence-electron chi connectivity index (χ0n) is 6.43. The quantitative estimate of drug-likeness (QED) is 0.663. The van der Waals surface area contributed by atoms with E-state index in [1.54, 1.807) is 0 Å². The molecule has 58 valence electrons. The molecular weight excluding hydrogens is 194 g/mol. The van der Waals surface area contributed by atoms with Gasteiger partial charge in [0.1, 0.15) is 4.83 Å². The minimum Gasteiger partial charge on any atom is -0.390 e. The van der Waals surface area contributed by atoms with Gasteiger partial charge in [0.2, 0.25) is 0 Å². The van der Waals surface area contributed by atoms with E-state index in [1.165, 1.54) is 0 Å². The minimum atomic E-state index is -0.613. The Morgan fingerprint density at radius 3 is 2.00 bits per heavy atom. The Morgan fingerprint density at radius 2 is 1.90 bits per heavy atom. The van der Waals surface area contributed by atoms with Gasteiger partial charge in [0.25, 0.3) is 0 Å². The molecule has 0 saturated heterocycles. The van der Waals surface area contributed by atoms with Crippen LogP contribution in [0.4, 0.5) is 0 Å². The van der Waals surface area contributed by atoms with Gasteiger partial charge in [0.15, 0.2) is 0 Å². The first kappa shape index (κ1) is 9.93. The van der Waals surface area contributed by atoms with Gasteiger partial charge in [-0.25, -0.2) is 0 Å². The van der Waals surface area contributed by atoms with Crippen LogP contribution in [0.5, 0.6) is 0 Å². The Labute approximate surface area is 70.0 Å². The van der Waals surface area contributed by atoms with Crippen LogP contribution < -0.4 is 0 Å². The molecule has 0 aromatic heterocycles. The smallest absolute Gasteiger partial charge is 0.128 e. The Bertz CT molecular complexity index is 145. The van der Waals surface area contributed by atoms with Gasteiger partial charge in [-0.2, -0.15) is 5.26 Å². The molecule has 2 unspecified atom stereocenters. The average Bonchev–Trinajstić information content (AvgIpc) is 1.83. The van der Waals surface area contributed by atoms with E-state index in [0.29, 0.717) is 0 Å². The molecule has 0 aliphatic heterocycles. The summed E-state index contributed by atoms with van der Waals surface area (Å²) in [5.74, 6) is 0. The van der Waals surface area contributed by atoms with Crippen LogP contribution in [-0.2, 0) is 0 Å². The fraction of sp³-hybridized carbons (Fsp3) is 0.857. The van der Waals surface area contributed by atoms with Crippen molar-refractivity contribution >= 4 is 15.9 Å². The summed E-state index contributed by atoms with van der Waals surface area (Å²) in [5.41, 5.74) is -0.232. The van der Waals surface area contributed by atoms with E-state index >= 15 is 0 Å². The number of hydrogen-bond donors (Lipinski definition) is 1. The lowest BCUT2D eigenvalue weighted by atomic mass is 9.88. The summed E-state index contributed by atoms with van der Waals surface area (Å²) < 4.78 is 0. The molecule has 2 atom stereocenters. The Hall–Kier alpha value is -0.0700. The standard InChI is InChI=1S/C7H12BrNO/c1-7(2,3)6(10)5(8)4-9/h5-6,10H,1-3H3. The van der Waals surface area contributed by atoms with Gasteiger partial charge < -0.3 is 5.11 Å². The zero-order chi connectivity index (χ0) is 8.36. The molecular formula is C7H12BrNO. The van der Waals surface area contributed by atoms with Crippen molar-refractivity contribution in [3.8, 4) is 6.07 Å². The molecule has 0 rings (SSSR count). The number of hydrogen-bond acceptors (Lipinski definition) is 2. The van der Waals surface area contributed by atoms with Crippen molar-refractivity contribution in [2.24, 2.45) is 5.41 Å². The van der Waals surface area contributed by atoms with Crippen LogP contribution in [0.15, 0.2) is 0 Å². The lowest BCUT2D eigenvalue weighted by molar-refractivity contribution is 0.0730. The molecule has 2 nitrogen and oxygen atoms in total. The highest BCUT2D eigenvalue weighted by molar-refractivity contribution is 9.09. The van der Waals surface area contributed by atoms with E-state index in [2.05, 4.69) is 15.9 Å². The van der Waals surface area contributed by atoms with Crippen molar-refractivity contribution in [3.05, 3.63) is 0 Å². The third-order valence-corrected chi connectivity index (χ3v) is 1.99. The van der Waals surface area contributed by atoms with Crippen molar-refractivity contribution in [1.82, 2.24) is 0 Å². The molecule has 1 N–H and O–H groups in total. The molecule has 10 heavy (non-hydrogen) atoms. The van der Waals surface area contributed by atoms with Crippen molar-refractivity contribution < 1.29 is 5.11 Å². The predicted molar refractivity (Wildman–Crippen MR) is 43.8 cm³/mol. The van der Waals surface area contributed by atoms with Crippen LogP contribution in [0.3, 0.4) is 0 Å². The van der Waals surface area contributed by atoms with E-state index in [4.69, 9.17) is 5.26 Å². The Morgan fingerprint density at radius 1 is 1.50 bits per heavy atom. The molecule has 0 spiro atoms. The van der Waals surface area contributed by atoms with Gasteiger partial charge in [0.05, 0.1) is 12.2 Å². The second kappa shape index (κ2) is 3.36. The second-order valence-corrected chi connectivity index (χ2v) is 4.33. The maximum atomic E-state index is 9.38. The highest BCUT2D eigenvalue weighted by Gasteiger charge is 2.28. The topological polar surface area (TPSA) is 44.0 Å². The van der Waals surface area contributed by atoms with Gasteiger partial charge in [-0.1, -0.05) is 36.7 Å². The van der Waals surface area contributed by atoms with Gasteiger partial charge in [-0.15, -0.1) is 0 Å². The lowest BCUT2D eigenvalue weighted by Gasteiger charge is -2.26. The van der Waals surface area contributed by atoms with Crippen molar-refractivity contribution in [3.63, 3.8) is 0 Å². The van der Waals surface area contributed by atoms with Crippen LogP contribution in [0.2, 0.25) is 0 Å². The molecule has 0 aromatic rings. The summed E-state index contributed by atoms with van der Waals surface area (Å²) in [6, 6.07) is 1.94. The molecule has 0 fully saturated rings. The summed E-state index contributed by atoms with van der Waals surface area (Å²) >= 11 is 3.07. The highest BCUT2D eigenvalue weighted by atomic mass is 79.9. The highest BCUT2D eigenvalue weighted by Crippen LogP contribution is 2.24. The van der Waals surface area contributed by atoms with Crippen LogP contribution >= 0.6 is 15.9 Å². The third-order valence-electron chi connectivity index (χ3n) is 1.29. The summed E-state index contributed by atoms with van der Waals surface area (Å²) in [7, 11) is 0. The minimum absolute atomic E-state index is 0.232. The molecule has 0 bridgehead atoms. The average molecular weight is 206 g/mol. The SMILES string of the molecule is CC(C)(C)C(O)C(Br)C#N. The maximum absolute atomic E-state index is 9.38. The fourth-order valence-electron chi connectivity index (χ4n) is 0.510. The number of nitrogens with zero attached hydrogens (tertiary/aromatic N) is 1. The first-order chi connectivity index (χ1) is 4.39. The molecule has 0 heterocycles. The maximum Gasteiger partial charge on any atom is 0.128 e. The second-order valence-electron chi connectivity index (χ2n) is 3.34. The van der Waals surface area contributed by atoms with Crippen LogP contribution in [0.25, 0.3) is 0 Å². The monoisotopic (exact) mass is 205 g/mol. The number of alkyl halides is 1. The van der Waals surface area contributed by atoms with Crippen molar-refractivity contribution in [2.45, 2.75) is 31.7 Å². The molecule has 0 aromatic carbocycles. The summed E-state index contributed by atoms with van der Waals surface area (Å²) in [4.78, 5) is -0.465. The van der Waals surface area contributed by atoms with Crippen molar-refractivity contribution in [2.75, 3.05) is 0 Å². The van der Waals surface area contributed by atoms with Gasteiger partial charge >= 0.3 is 0 Å². The number of rotatable bonds is 1. The normalized spacial score (nSPS) is 17.6. The van der Waals surface area contributed by atoms with Crippen LogP contribution in [0.1, 0.15) is 20.8 Å². The Balaban J connectivity index is 4.11. The number of aliphatic hydroxyl groups excluding tert-OH is 1. The van der Waals surface area contributed by atoms with Crippen LogP contribution in [-0.4, -0.2) is 16.0 Å². The predicted octanol–water partition coefficient (Wildman–Crippen LogP) is 1.68. The van der Waals surface area contributed by atoms with Gasteiger partial charge in [-0.05, 0) is 5.41 Å². The van der Waals surface area contributed by atoms with E-state index in [9.17, 15) is 5.11 Å². The summed E-state index contributed by atoms with van der Waals surface area (Å²) in [6.45, 7) is 5.68. The Kier molecular flexibility index (Phi) is 3.34. The van der Waals surface area contributed by atoms with E-state index in [1.807, 2.05) is 26.8 Å². The van der Waals surface area contributed by atoms with Crippen molar-refractivity contribution in [1.29, 1.82) is 5.26 Å². The molecule has 0 radical (unpaired) electrons. The third kappa shape index (κ3) is 2.68. The summed E-state index contributed by atoms with van der Waals surface area (Å²) in [6.07, 6.45) is -0.613. The van der Waals surface area contributed by atoms with E-state index < -0.39 is 10.9 Å². The fourth-order valence-corrected chi connectivity index (χ4v) is 1.30. The van der Waals surface area contributed by atoms with Gasteiger partial charge in [0, 0.05) is 0 Å². The first-order valence-corrected chi connectivity index (χ1v) is 4.03. The zero-order valence-corrected chi connectivity index (χ0v) is 8.01. The molecule has 3 heteroatoms. The first-order valence-electron chi connectivity index (χ1n) is 3.11. The lowest BCUT2D eigenvalue weighted by Crippen LogP contribution is -2.33. The number of aliphatic hydroxyl groups is 1. The molecule has 0 aliphatic rings. The molecule has 0 saturated carbocycles.